The van der Waals surface area contributed by atoms with E-state index in [0.717, 1.165) is 0 Å². The second-order valence-corrected chi connectivity index (χ2v) is 6.34. The Hall–Kier alpha value is -0.280. The Bertz CT molecular complexity index is 739. The van der Waals surface area contributed by atoms with Gasteiger partial charge in [-0.3, -0.25) is 0 Å². The van der Waals surface area contributed by atoms with Gasteiger partial charge in [0, 0.05) is 0 Å². The molecule has 0 aromatic rings. The molecule has 22 heteroatoms. The Morgan fingerprint density at radius 1 is 0.433 bits per heavy atom. The fourth-order valence-corrected chi connectivity index (χ4v) is 1.75. The second-order valence-electron chi connectivity index (χ2n) is 4.92. The summed E-state index contributed by atoms with van der Waals surface area (Å²) in [5.74, 6) is -52.1. The van der Waals surface area contributed by atoms with Gasteiger partial charge in [-0.05, 0) is 0 Å². The first-order chi connectivity index (χ1) is 12.0. The molecule has 176 valence electrons. The summed E-state index contributed by atoms with van der Waals surface area (Å²) in [5, 5.41) is -7.95. The zero-order chi connectivity index (χ0) is 24.5. The summed E-state index contributed by atoms with van der Waals surface area (Å²) < 4.78 is 244. The van der Waals surface area contributed by atoms with Crippen LogP contribution in [0.15, 0.2) is 0 Å². The van der Waals surface area contributed by atoms with E-state index in [0.29, 0.717) is 0 Å². The van der Waals surface area contributed by atoms with Gasteiger partial charge in [-0.25, -0.2) is 8.42 Å². The number of hydrogen-bond donors (Lipinski definition) is 0. The summed E-state index contributed by atoms with van der Waals surface area (Å²) in [7, 11) is -8.14. The van der Waals surface area contributed by atoms with Crippen molar-refractivity contribution in [2.75, 3.05) is 0 Å². The zero-order valence-corrected chi connectivity index (χ0v) is 15.9. The van der Waals surface area contributed by atoms with E-state index in [1.165, 1.54) is 0 Å². The minimum Gasteiger partial charge on any atom is -0.743 e. The van der Waals surface area contributed by atoms with Crippen molar-refractivity contribution in [3.63, 3.8) is 0 Å². The summed E-state index contributed by atoms with van der Waals surface area (Å²) in [4.78, 5) is 0. The molecule has 0 unspecified atom stereocenters. The van der Waals surface area contributed by atoms with Gasteiger partial charge in [-0.2, -0.15) is 74.6 Å². The summed E-state index contributed by atoms with van der Waals surface area (Å²) in [6.07, 6.45) is -7.89. The maximum Gasteiger partial charge on any atom is 1.00 e. The van der Waals surface area contributed by atoms with Gasteiger partial charge in [0.05, 0.1) is 0 Å². The van der Waals surface area contributed by atoms with Crippen LogP contribution < -0.4 is 29.6 Å². The summed E-state index contributed by atoms with van der Waals surface area (Å²) in [6, 6.07) is 0. The van der Waals surface area contributed by atoms with Gasteiger partial charge in [0.15, 0.2) is 10.1 Å². The maximum absolute atomic E-state index is 13.0. The quantitative estimate of drug-likeness (QED) is 0.290. The van der Waals surface area contributed by atoms with Crippen molar-refractivity contribution >= 4 is 10.1 Å². The van der Waals surface area contributed by atoms with Crippen molar-refractivity contribution in [2.24, 2.45) is 0 Å². The van der Waals surface area contributed by atoms with Crippen LogP contribution in [0.4, 0.5) is 74.6 Å². The Labute approximate surface area is 174 Å². The molecule has 0 aliphatic heterocycles. The van der Waals surface area contributed by atoms with Crippen molar-refractivity contribution in [1.29, 1.82) is 0 Å². The van der Waals surface area contributed by atoms with Crippen LogP contribution in [0, 0.1) is 0 Å². The van der Waals surface area contributed by atoms with E-state index in [4.69, 9.17) is 0 Å². The molecule has 0 aromatic carbocycles. The normalized spacial score (nSPS) is 16.3. The average molecular weight is 522 g/mol. The van der Waals surface area contributed by atoms with Gasteiger partial charge < -0.3 is 4.55 Å². The maximum atomic E-state index is 13.0. The van der Waals surface area contributed by atoms with E-state index in [-0.39, 0.29) is 29.6 Å². The smallest absolute Gasteiger partial charge is 0.743 e. The summed E-state index contributed by atoms with van der Waals surface area (Å²) in [6.45, 7) is 0. The van der Waals surface area contributed by atoms with Crippen LogP contribution in [0.3, 0.4) is 0 Å². The van der Waals surface area contributed by atoms with Crippen LogP contribution in [0.25, 0.3) is 0 Å². The molecule has 3 nitrogen and oxygen atoms in total. The van der Waals surface area contributed by atoms with Gasteiger partial charge in [0.1, 0.15) is 0 Å². The SMILES string of the molecule is O=S(=O)([O-])C(F)(F)C(F)(F)C(F)(F)C(F)(F)C(F)(F)C(F)(F)C(F)(F)C(F)(F)F.[Na+]. The van der Waals surface area contributed by atoms with E-state index >= 15 is 0 Å². The molecule has 0 aliphatic carbocycles. The second kappa shape index (κ2) is 7.65. The van der Waals surface area contributed by atoms with E-state index in [2.05, 4.69) is 0 Å². The molecule has 0 atom stereocenters. The number of rotatable bonds is 7. The van der Waals surface area contributed by atoms with Gasteiger partial charge in [-0.1, -0.05) is 0 Å². The molecule has 0 saturated carbocycles. The molecule has 0 N–H and O–H groups in total. The molecule has 0 saturated heterocycles. The van der Waals surface area contributed by atoms with Crippen molar-refractivity contribution in [3.8, 4) is 0 Å². The predicted molar refractivity (Wildman–Crippen MR) is 50.4 cm³/mol. The van der Waals surface area contributed by atoms with Crippen molar-refractivity contribution in [3.05, 3.63) is 0 Å². The fraction of sp³-hybridized carbons (Fsp3) is 1.00. The van der Waals surface area contributed by atoms with Gasteiger partial charge >= 0.3 is 76.5 Å². The predicted octanol–water partition coefficient (Wildman–Crippen LogP) is 1.50. The first-order valence-corrected chi connectivity index (χ1v) is 7.08. The largest absolute Gasteiger partial charge is 1.00 e. The molecule has 0 fully saturated rings. The third-order valence-corrected chi connectivity index (χ3v) is 3.89. The standard InChI is InChI=1S/C8HF17O3S.Na/c9-1(10,3(13,14)5(17,18)7(21,22)23)2(11,12)4(15,16)6(19,20)8(24,25)29(26,27)28;/h(H,26,27,28);/q;+1/p-1. The minimum absolute atomic E-state index is 0. The van der Waals surface area contributed by atoms with Gasteiger partial charge in [-0.15, -0.1) is 0 Å². The molecule has 30 heavy (non-hydrogen) atoms. The van der Waals surface area contributed by atoms with Crippen LogP contribution in [-0.2, 0) is 10.1 Å². The third-order valence-electron chi connectivity index (χ3n) is 3.01. The molecular weight excluding hydrogens is 522 g/mol. The molecule has 0 radical (unpaired) electrons. The molecular formula is C8F17NaO3S. The third kappa shape index (κ3) is 3.85. The first-order valence-electron chi connectivity index (χ1n) is 5.67. The molecule has 0 spiro atoms. The average Bonchev–Trinajstić information content (AvgIpc) is 2.43. The number of alkyl halides is 17. The molecule has 0 bridgehead atoms. The van der Waals surface area contributed by atoms with E-state index in [9.17, 15) is 87.6 Å². The van der Waals surface area contributed by atoms with Crippen LogP contribution in [0.1, 0.15) is 0 Å². The van der Waals surface area contributed by atoms with Crippen LogP contribution >= 0.6 is 0 Å². The van der Waals surface area contributed by atoms with Crippen molar-refractivity contribution in [1.82, 2.24) is 0 Å². The molecule has 0 rings (SSSR count). The van der Waals surface area contributed by atoms with E-state index in [1.807, 2.05) is 0 Å². The van der Waals surface area contributed by atoms with E-state index < -0.39 is 57.1 Å². The topological polar surface area (TPSA) is 57.2 Å². The molecule has 0 heterocycles. The Morgan fingerprint density at radius 3 is 0.833 bits per heavy atom. The van der Waals surface area contributed by atoms with Crippen LogP contribution in [0.2, 0.25) is 0 Å². The van der Waals surface area contributed by atoms with Crippen LogP contribution in [0.5, 0.6) is 0 Å². The van der Waals surface area contributed by atoms with Crippen molar-refractivity contribution < 1.29 is 117 Å². The Kier molecular flexibility index (Phi) is 8.13. The molecule has 0 amide bonds. The first kappa shape index (κ1) is 31.9. The Morgan fingerprint density at radius 2 is 0.633 bits per heavy atom. The summed E-state index contributed by atoms with van der Waals surface area (Å²) >= 11 is 0. The van der Waals surface area contributed by atoms with Crippen molar-refractivity contribution in [2.45, 2.75) is 47.0 Å². The number of hydrogen-bond acceptors (Lipinski definition) is 3. The molecule has 0 aliphatic rings. The zero-order valence-electron chi connectivity index (χ0n) is 13.1. The van der Waals surface area contributed by atoms with Crippen LogP contribution in [-0.4, -0.2) is 59.9 Å². The summed E-state index contributed by atoms with van der Waals surface area (Å²) in [5.41, 5.74) is 0. The van der Waals surface area contributed by atoms with Gasteiger partial charge in [0.2, 0.25) is 0 Å². The fourth-order valence-electron chi connectivity index (χ4n) is 1.31. The van der Waals surface area contributed by atoms with Gasteiger partial charge in [0.25, 0.3) is 0 Å². The van der Waals surface area contributed by atoms with E-state index in [1.54, 1.807) is 0 Å². The molecule has 0 aromatic heterocycles. The number of halogens is 17. The Balaban J connectivity index is 0. The minimum atomic E-state index is -8.92. The monoisotopic (exact) mass is 522 g/mol.